The highest BCUT2D eigenvalue weighted by Crippen LogP contribution is 2.20. The van der Waals surface area contributed by atoms with Crippen LogP contribution in [-0.4, -0.2) is 18.3 Å². The molecule has 17 heavy (non-hydrogen) atoms. The van der Waals surface area contributed by atoms with E-state index in [0.29, 0.717) is 10.7 Å². The van der Waals surface area contributed by atoms with Crippen LogP contribution in [0.25, 0.3) is 0 Å². The molecule has 88 valence electrons. The molecule has 0 saturated heterocycles. The molecule has 5 nitrogen and oxygen atoms in total. The van der Waals surface area contributed by atoms with E-state index in [0.717, 1.165) is 0 Å². The Kier molecular flexibility index (Phi) is 4.98. The number of hydrogen-bond acceptors (Lipinski definition) is 5. The third-order valence-corrected chi connectivity index (χ3v) is 2.07. The van der Waals surface area contributed by atoms with Crippen LogP contribution < -0.4 is 5.43 Å². The van der Waals surface area contributed by atoms with Crippen molar-refractivity contribution in [3.63, 3.8) is 0 Å². The lowest BCUT2D eigenvalue weighted by molar-refractivity contribution is -0.134. The summed E-state index contributed by atoms with van der Waals surface area (Å²) in [5.41, 5.74) is 2.69. The smallest absolute Gasteiger partial charge is 0.369 e. The number of benzene rings is 1. The van der Waals surface area contributed by atoms with Crippen LogP contribution in [0.2, 0.25) is 5.02 Å². The largest absolute Gasteiger partial charge is 0.461 e. The molecular formula is C11H10ClN3O2. The van der Waals surface area contributed by atoms with E-state index in [1.807, 2.05) is 0 Å². The number of nitriles is 1. The zero-order valence-electron chi connectivity index (χ0n) is 9.11. The van der Waals surface area contributed by atoms with Crippen molar-refractivity contribution in [2.24, 2.45) is 5.10 Å². The molecule has 0 bridgehead atoms. The molecule has 1 N–H and O–H groups in total. The molecule has 6 heteroatoms. The molecule has 1 aromatic carbocycles. The molecule has 0 aromatic heterocycles. The third kappa shape index (κ3) is 3.78. The molecule has 0 atom stereocenters. The van der Waals surface area contributed by atoms with Gasteiger partial charge in [0.15, 0.2) is 0 Å². The molecule has 0 aliphatic rings. The number of rotatable bonds is 4. The number of nitrogens with one attached hydrogen (secondary N) is 1. The number of anilines is 1. The minimum atomic E-state index is -0.769. The lowest BCUT2D eigenvalue weighted by atomic mass is 10.3. The van der Waals surface area contributed by atoms with Crippen molar-refractivity contribution in [2.75, 3.05) is 12.0 Å². The SMILES string of the molecule is CCOC(=O)C(C#N)=NNc1ccccc1Cl. The molecule has 0 heterocycles. The molecule has 1 aromatic rings. The highest BCUT2D eigenvalue weighted by Gasteiger charge is 2.11. The Morgan fingerprint density at radius 3 is 2.88 bits per heavy atom. The van der Waals surface area contributed by atoms with Gasteiger partial charge in [0.05, 0.1) is 17.3 Å². The van der Waals surface area contributed by atoms with Gasteiger partial charge in [-0.3, -0.25) is 5.43 Å². The van der Waals surface area contributed by atoms with E-state index >= 15 is 0 Å². The highest BCUT2D eigenvalue weighted by atomic mass is 35.5. The van der Waals surface area contributed by atoms with Gasteiger partial charge in [-0.25, -0.2) is 4.79 Å². The average molecular weight is 252 g/mol. The van der Waals surface area contributed by atoms with Gasteiger partial charge in [-0.15, -0.1) is 0 Å². The van der Waals surface area contributed by atoms with Crippen LogP contribution in [0, 0.1) is 11.3 Å². The molecular weight excluding hydrogens is 242 g/mol. The minimum Gasteiger partial charge on any atom is -0.461 e. The molecule has 0 amide bonds. The van der Waals surface area contributed by atoms with Gasteiger partial charge in [0, 0.05) is 0 Å². The van der Waals surface area contributed by atoms with E-state index in [-0.39, 0.29) is 12.3 Å². The molecule has 0 radical (unpaired) electrons. The van der Waals surface area contributed by atoms with Crippen molar-refractivity contribution in [3.05, 3.63) is 29.3 Å². The summed E-state index contributed by atoms with van der Waals surface area (Å²) < 4.78 is 4.65. The lowest BCUT2D eigenvalue weighted by Gasteiger charge is -2.03. The maximum atomic E-state index is 11.2. The zero-order valence-corrected chi connectivity index (χ0v) is 9.86. The Morgan fingerprint density at radius 1 is 1.59 bits per heavy atom. The van der Waals surface area contributed by atoms with E-state index in [1.165, 1.54) is 0 Å². The summed E-state index contributed by atoms with van der Waals surface area (Å²) >= 11 is 5.86. The number of para-hydroxylation sites is 1. The second kappa shape index (κ2) is 6.51. The van der Waals surface area contributed by atoms with Gasteiger partial charge in [-0.2, -0.15) is 10.4 Å². The Bertz CT molecular complexity index is 480. The van der Waals surface area contributed by atoms with Crippen molar-refractivity contribution >= 4 is 29.0 Å². The first-order valence-corrected chi connectivity index (χ1v) is 5.22. The number of esters is 1. The second-order valence-electron chi connectivity index (χ2n) is 2.88. The monoisotopic (exact) mass is 251 g/mol. The summed E-state index contributed by atoms with van der Waals surface area (Å²) in [5.74, 6) is -0.769. The van der Waals surface area contributed by atoms with Crippen LogP contribution in [0.4, 0.5) is 5.69 Å². The lowest BCUT2D eigenvalue weighted by Crippen LogP contribution is -2.17. The molecule has 0 aliphatic heterocycles. The fourth-order valence-electron chi connectivity index (χ4n) is 0.984. The Morgan fingerprint density at radius 2 is 2.29 bits per heavy atom. The van der Waals surface area contributed by atoms with E-state index in [4.69, 9.17) is 16.9 Å². The zero-order chi connectivity index (χ0) is 12.7. The van der Waals surface area contributed by atoms with Crippen molar-refractivity contribution in [2.45, 2.75) is 6.92 Å². The normalized spacial score (nSPS) is 10.5. The van der Waals surface area contributed by atoms with Crippen LogP contribution in [0.1, 0.15) is 6.92 Å². The standard InChI is InChI=1S/C11H10ClN3O2/c1-2-17-11(16)10(7-13)15-14-9-6-4-3-5-8(9)12/h3-6,14H,2H2,1H3. The first kappa shape index (κ1) is 13.0. The van der Waals surface area contributed by atoms with E-state index in [9.17, 15) is 4.79 Å². The predicted molar refractivity (Wildman–Crippen MR) is 64.8 cm³/mol. The second-order valence-corrected chi connectivity index (χ2v) is 3.29. The van der Waals surface area contributed by atoms with Gasteiger partial charge in [0.1, 0.15) is 6.07 Å². The van der Waals surface area contributed by atoms with Gasteiger partial charge < -0.3 is 4.74 Å². The predicted octanol–water partition coefficient (Wildman–Crippen LogP) is 2.19. The summed E-state index contributed by atoms with van der Waals surface area (Å²) in [4.78, 5) is 11.2. The Hall–Kier alpha value is -2.06. The van der Waals surface area contributed by atoms with Gasteiger partial charge in [0.25, 0.3) is 0 Å². The van der Waals surface area contributed by atoms with Crippen molar-refractivity contribution in [1.29, 1.82) is 5.26 Å². The van der Waals surface area contributed by atoms with E-state index < -0.39 is 5.97 Å². The average Bonchev–Trinajstić information content (AvgIpc) is 2.32. The van der Waals surface area contributed by atoms with Crippen LogP contribution in [0.3, 0.4) is 0 Å². The molecule has 0 spiro atoms. The first-order valence-electron chi connectivity index (χ1n) is 4.84. The van der Waals surface area contributed by atoms with Crippen LogP contribution in [0.5, 0.6) is 0 Å². The van der Waals surface area contributed by atoms with E-state index in [1.54, 1.807) is 37.3 Å². The number of carbonyl (C=O) groups is 1. The Balaban J connectivity index is 2.79. The summed E-state index contributed by atoms with van der Waals surface area (Å²) in [6.45, 7) is 1.83. The van der Waals surface area contributed by atoms with Crippen molar-refractivity contribution in [3.8, 4) is 6.07 Å². The topological polar surface area (TPSA) is 74.5 Å². The van der Waals surface area contributed by atoms with Gasteiger partial charge in [-0.05, 0) is 19.1 Å². The Labute approximate surface area is 104 Å². The maximum absolute atomic E-state index is 11.2. The molecule has 0 aliphatic carbocycles. The molecule has 0 saturated carbocycles. The van der Waals surface area contributed by atoms with E-state index in [2.05, 4.69) is 15.3 Å². The maximum Gasteiger partial charge on any atom is 0.369 e. The first-order chi connectivity index (χ1) is 8.19. The van der Waals surface area contributed by atoms with Gasteiger partial charge in [0.2, 0.25) is 5.71 Å². The summed E-state index contributed by atoms with van der Waals surface area (Å²) in [6, 6.07) is 8.49. The number of ether oxygens (including phenoxy) is 1. The number of nitrogens with zero attached hydrogens (tertiary/aromatic N) is 2. The number of carbonyl (C=O) groups excluding carboxylic acids is 1. The van der Waals surface area contributed by atoms with Gasteiger partial charge in [-0.1, -0.05) is 23.7 Å². The quantitative estimate of drug-likeness (QED) is 0.506. The van der Waals surface area contributed by atoms with Crippen molar-refractivity contribution < 1.29 is 9.53 Å². The molecule has 0 unspecified atom stereocenters. The third-order valence-electron chi connectivity index (χ3n) is 1.74. The number of hydrazone groups is 1. The molecule has 1 rings (SSSR count). The van der Waals surface area contributed by atoms with Crippen LogP contribution >= 0.6 is 11.6 Å². The summed E-state index contributed by atoms with van der Waals surface area (Å²) in [5, 5.41) is 12.8. The fourth-order valence-corrected chi connectivity index (χ4v) is 1.16. The fraction of sp³-hybridized carbons (Fsp3) is 0.182. The van der Waals surface area contributed by atoms with Crippen molar-refractivity contribution in [1.82, 2.24) is 0 Å². The number of halogens is 1. The summed E-state index contributed by atoms with van der Waals surface area (Å²) in [6.07, 6.45) is 0. The van der Waals surface area contributed by atoms with Gasteiger partial charge >= 0.3 is 5.97 Å². The van der Waals surface area contributed by atoms with Crippen LogP contribution in [-0.2, 0) is 9.53 Å². The molecule has 0 fully saturated rings. The highest BCUT2D eigenvalue weighted by molar-refractivity contribution is 6.43. The van der Waals surface area contributed by atoms with Crippen LogP contribution in [0.15, 0.2) is 29.4 Å². The number of hydrogen-bond donors (Lipinski definition) is 1. The summed E-state index contributed by atoms with van der Waals surface area (Å²) in [7, 11) is 0. The minimum absolute atomic E-state index is 0.186.